The van der Waals surface area contributed by atoms with Gasteiger partial charge in [-0.2, -0.15) is 0 Å². The summed E-state index contributed by atoms with van der Waals surface area (Å²) < 4.78 is 10.5. The molecule has 1 unspecified atom stereocenters. The molecule has 1 aliphatic rings. The van der Waals surface area contributed by atoms with Gasteiger partial charge in [-0.15, -0.1) is 0 Å². The fourth-order valence-corrected chi connectivity index (χ4v) is 3.17. The Morgan fingerprint density at radius 1 is 1.30 bits per heavy atom. The lowest BCUT2D eigenvalue weighted by molar-refractivity contribution is 0.0435. The van der Waals surface area contributed by atoms with Crippen LogP contribution in [0.25, 0.3) is 6.08 Å². The summed E-state index contributed by atoms with van der Waals surface area (Å²) in [5.74, 6) is 0.646. The van der Waals surface area contributed by atoms with Crippen molar-refractivity contribution in [2.75, 3.05) is 46.4 Å². The molecule has 1 aliphatic heterocycles. The van der Waals surface area contributed by atoms with Gasteiger partial charge in [0.2, 0.25) is 0 Å². The van der Waals surface area contributed by atoms with Crippen molar-refractivity contribution >= 4 is 23.8 Å². The van der Waals surface area contributed by atoms with Gasteiger partial charge in [-0.3, -0.25) is 4.90 Å². The van der Waals surface area contributed by atoms with Crippen LogP contribution in [0, 0.1) is 0 Å². The molecule has 1 fully saturated rings. The summed E-state index contributed by atoms with van der Waals surface area (Å²) in [6.07, 6.45) is 5.33. The van der Waals surface area contributed by atoms with Crippen molar-refractivity contribution in [1.82, 2.24) is 9.80 Å². The smallest absolute Gasteiger partial charge is 0.409 e. The average molecular weight is 397 g/mol. The zero-order valence-corrected chi connectivity index (χ0v) is 16.8. The van der Waals surface area contributed by atoms with Crippen molar-refractivity contribution in [3.8, 4) is 5.75 Å². The predicted octanol–water partition coefficient (Wildman–Crippen LogP) is 3.28. The van der Waals surface area contributed by atoms with Crippen LogP contribution in [0.1, 0.15) is 25.3 Å². The van der Waals surface area contributed by atoms with Gasteiger partial charge in [0.15, 0.2) is 0 Å². The fraction of sp³-hybridized carbons (Fsp3) is 0.550. The van der Waals surface area contributed by atoms with Crippen LogP contribution in [0.5, 0.6) is 5.75 Å². The third kappa shape index (κ3) is 7.40. The number of benzene rings is 1. The van der Waals surface area contributed by atoms with Crippen molar-refractivity contribution < 1.29 is 19.4 Å². The Bertz CT molecular complexity index is 630. The number of unbranched alkanes of at least 4 members (excludes halogenated alkanes) is 1. The third-order valence-corrected chi connectivity index (χ3v) is 4.59. The van der Waals surface area contributed by atoms with E-state index in [1.807, 2.05) is 18.2 Å². The molecule has 1 amide bonds. The maximum Gasteiger partial charge on any atom is 0.409 e. The number of β-amino-alcohol motifs (C(OH)–C–C–N with tert-alkyl or cyclic N) is 1. The zero-order valence-electron chi connectivity index (χ0n) is 16.1. The molecule has 150 valence electrons. The number of aliphatic hydroxyl groups excluding tert-OH is 1. The van der Waals surface area contributed by atoms with E-state index in [1.165, 1.54) is 7.11 Å². The van der Waals surface area contributed by atoms with E-state index in [-0.39, 0.29) is 12.7 Å². The SMILES string of the molecule is CCC/C=C/c1cc(Cl)cc(OCC(O)CN2CCN(C(=O)OC)CC2)c1. The number of rotatable bonds is 8. The highest BCUT2D eigenvalue weighted by molar-refractivity contribution is 6.30. The summed E-state index contributed by atoms with van der Waals surface area (Å²) in [6.45, 7) is 5.43. The van der Waals surface area contributed by atoms with Crippen LogP contribution < -0.4 is 4.74 Å². The number of allylic oxidation sites excluding steroid dienone is 1. The molecule has 2 rings (SSSR count). The van der Waals surface area contributed by atoms with E-state index in [9.17, 15) is 9.90 Å². The fourth-order valence-electron chi connectivity index (χ4n) is 2.94. The summed E-state index contributed by atoms with van der Waals surface area (Å²) in [5.41, 5.74) is 0.986. The Labute approximate surface area is 166 Å². The number of hydrogen-bond acceptors (Lipinski definition) is 5. The molecular weight excluding hydrogens is 368 g/mol. The second-order valence-electron chi connectivity index (χ2n) is 6.63. The van der Waals surface area contributed by atoms with E-state index >= 15 is 0 Å². The molecule has 27 heavy (non-hydrogen) atoms. The van der Waals surface area contributed by atoms with Crippen LogP contribution in [0.3, 0.4) is 0 Å². The van der Waals surface area contributed by atoms with Gasteiger partial charge in [-0.1, -0.05) is 37.1 Å². The van der Waals surface area contributed by atoms with E-state index in [4.69, 9.17) is 21.1 Å². The highest BCUT2D eigenvalue weighted by Crippen LogP contribution is 2.22. The van der Waals surface area contributed by atoms with Crippen LogP contribution >= 0.6 is 11.6 Å². The topological polar surface area (TPSA) is 62.2 Å². The van der Waals surface area contributed by atoms with Gasteiger partial charge in [-0.25, -0.2) is 4.79 Å². The van der Waals surface area contributed by atoms with Crippen LogP contribution in [-0.2, 0) is 4.74 Å². The Balaban J connectivity index is 1.78. The quantitative estimate of drug-likeness (QED) is 0.730. The number of nitrogens with zero attached hydrogens (tertiary/aromatic N) is 2. The molecule has 0 saturated carbocycles. The van der Waals surface area contributed by atoms with Gasteiger partial charge in [0.1, 0.15) is 18.5 Å². The normalized spacial score (nSPS) is 16.5. The Hall–Kier alpha value is -1.76. The number of aliphatic hydroxyl groups is 1. The highest BCUT2D eigenvalue weighted by Gasteiger charge is 2.23. The molecule has 6 nitrogen and oxygen atoms in total. The van der Waals surface area contributed by atoms with Crippen molar-refractivity contribution in [2.24, 2.45) is 0 Å². The summed E-state index contributed by atoms with van der Waals surface area (Å²) >= 11 is 6.16. The zero-order chi connectivity index (χ0) is 19.6. The van der Waals surface area contributed by atoms with Crippen molar-refractivity contribution in [1.29, 1.82) is 0 Å². The number of piperazine rings is 1. The molecule has 1 heterocycles. The standard InChI is InChI=1S/C20H29ClN2O4/c1-3-4-5-6-16-11-17(21)13-19(12-16)27-15-18(24)14-22-7-9-23(10-8-22)20(25)26-2/h5-6,11-13,18,24H,3-4,7-10,14-15H2,1-2H3/b6-5+. The molecule has 0 spiro atoms. The minimum absolute atomic E-state index is 0.190. The van der Waals surface area contributed by atoms with Crippen molar-refractivity contribution in [3.63, 3.8) is 0 Å². The van der Waals surface area contributed by atoms with Gasteiger partial charge in [0.25, 0.3) is 0 Å². The van der Waals surface area contributed by atoms with Crippen LogP contribution in [-0.4, -0.2) is 73.5 Å². The molecule has 0 aromatic heterocycles. The van der Waals surface area contributed by atoms with Crippen LogP contribution in [0.15, 0.2) is 24.3 Å². The summed E-state index contributed by atoms with van der Waals surface area (Å²) in [6, 6.07) is 5.55. The predicted molar refractivity (Wildman–Crippen MR) is 107 cm³/mol. The first kappa shape index (κ1) is 21.5. The molecule has 1 aromatic carbocycles. The third-order valence-electron chi connectivity index (χ3n) is 4.38. The molecule has 0 aliphatic carbocycles. The van der Waals surface area contributed by atoms with E-state index in [1.54, 1.807) is 11.0 Å². The van der Waals surface area contributed by atoms with E-state index < -0.39 is 6.10 Å². The summed E-state index contributed by atoms with van der Waals surface area (Å²) in [7, 11) is 1.39. The second-order valence-corrected chi connectivity index (χ2v) is 7.07. The monoisotopic (exact) mass is 396 g/mol. The van der Waals surface area contributed by atoms with E-state index in [2.05, 4.69) is 17.9 Å². The van der Waals surface area contributed by atoms with Crippen molar-refractivity contribution in [2.45, 2.75) is 25.9 Å². The Kier molecular flexibility index (Phi) is 8.91. The van der Waals surface area contributed by atoms with Crippen LogP contribution in [0.4, 0.5) is 4.79 Å². The molecule has 1 saturated heterocycles. The maximum atomic E-state index is 11.5. The Morgan fingerprint density at radius 3 is 2.70 bits per heavy atom. The molecule has 1 atom stereocenters. The van der Waals surface area contributed by atoms with Gasteiger partial charge < -0.3 is 19.5 Å². The summed E-state index contributed by atoms with van der Waals surface area (Å²) in [5, 5.41) is 10.9. The molecule has 0 bridgehead atoms. The maximum absolute atomic E-state index is 11.5. The van der Waals surface area contributed by atoms with Gasteiger partial charge in [0.05, 0.1) is 7.11 Å². The van der Waals surface area contributed by atoms with Crippen LogP contribution in [0.2, 0.25) is 5.02 Å². The lowest BCUT2D eigenvalue weighted by Crippen LogP contribution is -2.50. The van der Waals surface area contributed by atoms with Crippen molar-refractivity contribution in [3.05, 3.63) is 34.9 Å². The number of carbonyl (C=O) groups is 1. The van der Waals surface area contributed by atoms with E-state index in [0.717, 1.165) is 18.4 Å². The van der Waals surface area contributed by atoms with Gasteiger partial charge in [0, 0.05) is 37.7 Å². The molecule has 7 heteroatoms. The Morgan fingerprint density at radius 2 is 2.04 bits per heavy atom. The molecular formula is C20H29ClN2O4. The van der Waals surface area contributed by atoms with Gasteiger partial charge >= 0.3 is 6.09 Å². The number of hydrogen-bond donors (Lipinski definition) is 1. The number of carbonyl (C=O) groups excluding carboxylic acids is 1. The first-order valence-electron chi connectivity index (χ1n) is 9.35. The average Bonchev–Trinajstić information content (AvgIpc) is 2.66. The largest absolute Gasteiger partial charge is 0.491 e. The number of halogens is 1. The molecule has 1 N–H and O–H groups in total. The summed E-state index contributed by atoms with van der Waals surface area (Å²) in [4.78, 5) is 15.3. The number of ether oxygens (including phenoxy) is 2. The lowest BCUT2D eigenvalue weighted by Gasteiger charge is -2.34. The minimum atomic E-state index is -0.618. The molecule has 0 radical (unpaired) electrons. The number of methoxy groups -OCH3 is 1. The second kappa shape index (κ2) is 11.2. The van der Waals surface area contributed by atoms with Gasteiger partial charge in [-0.05, 0) is 30.2 Å². The molecule has 1 aromatic rings. The first-order chi connectivity index (χ1) is 13.0. The minimum Gasteiger partial charge on any atom is -0.491 e. The first-order valence-corrected chi connectivity index (χ1v) is 9.73. The lowest BCUT2D eigenvalue weighted by atomic mass is 10.2. The van der Waals surface area contributed by atoms with E-state index in [0.29, 0.717) is 43.5 Å². The highest BCUT2D eigenvalue weighted by atomic mass is 35.5. The number of amides is 1.